The summed E-state index contributed by atoms with van der Waals surface area (Å²) in [5.41, 5.74) is 2.69. The second-order valence-corrected chi connectivity index (χ2v) is 4.74. The average Bonchev–Trinajstić information content (AvgIpc) is 2.04. The van der Waals surface area contributed by atoms with Crippen molar-refractivity contribution in [3.63, 3.8) is 0 Å². The van der Waals surface area contributed by atoms with Crippen LogP contribution in [0.25, 0.3) is 0 Å². The van der Waals surface area contributed by atoms with E-state index in [1.165, 1.54) is 15.6 Å². The predicted molar refractivity (Wildman–Crippen MR) is 65.8 cm³/mol. The summed E-state index contributed by atoms with van der Waals surface area (Å²) in [6, 6.07) is 6.53. The van der Waals surface area contributed by atoms with Gasteiger partial charge >= 0.3 is 0 Å². The number of benzene rings is 1. The molecule has 1 atom stereocenters. The Balaban J connectivity index is 2.88. The minimum atomic E-state index is 0.590. The Hall–Kier alpha value is 0.0500. The molecule has 1 rings (SSSR count). The molecule has 0 N–H and O–H groups in total. The van der Waals surface area contributed by atoms with Crippen molar-refractivity contribution in [1.29, 1.82) is 0 Å². The number of halogens is 1. The molecule has 0 amide bonds. The fourth-order valence-corrected chi connectivity index (χ4v) is 2.65. The minimum absolute atomic E-state index is 0.590. The van der Waals surface area contributed by atoms with Crippen LogP contribution in [0.15, 0.2) is 22.7 Å². The second kappa shape index (κ2) is 5.06. The maximum atomic E-state index is 4.25. The first kappa shape index (κ1) is 11.1. The topological polar surface area (TPSA) is 0 Å². The van der Waals surface area contributed by atoms with Gasteiger partial charge in [-0.2, -0.15) is 12.6 Å². The molecule has 0 saturated heterocycles. The van der Waals surface area contributed by atoms with Crippen molar-refractivity contribution < 1.29 is 0 Å². The van der Waals surface area contributed by atoms with Gasteiger partial charge in [0.05, 0.1) is 0 Å². The quantitative estimate of drug-likeness (QED) is 0.773. The van der Waals surface area contributed by atoms with E-state index in [1.807, 2.05) is 0 Å². The zero-order valence-electron chi connectivity index (χ0n) is 8.05. The maximum Gasteiger partial charge on any atom is 0.0212 e. The Morgan fingerprint density at radius 2 is 2.15 bits per heavy atom. The van der Waals surface area contributed by atoms with E-state index < -0.39 is 0 Å². The largest absolute Gasteiger partial charge is 0.179 e. The van der Waals surface area contributed by atoms with Gasteiger partial charge in [0.15, 0.2) is 0 Å². The Bertz CT molecular complexity index is 283. The highest BCUT2D eigenvalue weighted by molar-refractivity contribution is 9.10. The summed E-state index contributed by atoms with van der Waals surface area (Å²) in [5, 5.41) is 0. The summed E-state index contributed by atoms with van der Waals surface area (Å²) in [4.78, 5) is 0. The monoisotopic (exact) mass is 258 g/mol. The molecular weight excluding hydrogens is 244 g/mol. The van der Waals surface area contributed by atoms with Crippen molar-refractivity contribution in [1.82, 2.24) is 0 Å². The molecular formula is C11H15BrS. The van der Waals surface area contributed by atoms with Gasteiger partial charge in [-0.3, -0.25) is 0 Å². The number of aryl methyl sites for hydroxylation is 1. The first-order valence-corrected chi connectivity index (χ1v) is 5.94. The Morgan fingerprint density at radius 1 is 1.46 bits per heavy atom. The first-order chi connectivity index (χ1) is 6.15. The van der Waals surface area contributed by atoms with Crippen molar-refractivity contribution in [3.05, 3.63) is 33.8 Å². The summed E-state index contributed by atoms with van der Waals surface area (Å²) < 4.78 is 1.22. The Morgan fingerprint density at radius 3 is 2.69 bits per heavy atom. The van der Waals surface area contributed by atoms with Gasteiger partial charge in [0.25, 0.3) is 0 Å². The molecule has 0 nitrogen and oxygen atoms in total. The zero-order chi connectivity index (χ0) is 9.84. The molecule has 1 aromatic carbocycles. The van der Waals surface area contributed by atoms with Gasteiger partial charge in [-0.25, -0.2) is 0 Å². The van der Waals surface area contributed by atoms with Gasteiger partial charge in [0.1, 0.15) is 0 Å². The van der Waals surface area contributed by atoms with E-state index in [9.17, 15) is 0 Å². The summed E-state index contributed by atoms with van der Waals surface area (Å²) in [5.74, 6) is 1.54. The lowest BCUT2D eigenvalue weighted by atomic mass is 9.98. The van der Waals surface area contributed by atoms with Crippen molar-refractivity contribution in [2.45, 2.75) is 26.2 Å². The van der Waals surface area contributed by atoms with Crippen LogP contribution in [0, 0.1) is 6.92 Å². The van der Waals surface area contributed by atoms with Crippen LogP contribution < -0.4 is 0 Å². The molecule has 2 heteroatoms. The van der Waals surface area contributed by atoms with E-state index in [0.717, 1.165) is 12.2 Å². The lowest BCUT2D eigenvalue weighted by molar-refractivity contribution is 0.738. The smallest absolute Gasteiger partial charge is 0.0212 e. The van der Waals surface area contributed by atoms with Crippen LogP contribution in [-0.2, 0) is 0 Å². The Labute approximate surface area is 94.3 Å². The predicted octanol–water partition coefficient (Wildman–Crippen LogP) is 4.18. The van der Waals surface area contributed by atoms with Gasteiger partial charge in [0.2, 0.25) is 0 Å². The molecule has 1 aromatic rings. The van der Waals surface area contributed by atoms with Crippen molar-refractivity contribution in [2.24, 2.45) is 0 Å². The number of hydrogen-bond donors (Lipinski definition) is 1. The van der Waals surface area contributed by atoms with Crippen LogP contribution in [0.2, 0.25) is 0 Å². The highest BCUT2D eigenvalue weighted by Gasteiger charge is 2.07. The van der Waals surface area contributed by atoms with Crippen molar-refractivity contribution in [2.75, 3.05) is 5.75 Å². The number of hydrogen-bond acceptors (Lipinski definition) is 1. The van der Waals surface area contributed by atoms with Gasteiger partial charge in [0, 0.05) is 4.47 Å². The molecule has 0 bridgehead atoms. The van der Waals surface area contributed by atoms with Crippen LogP contribution in [0.1, 0.15) is 30.4 Å². The normalized spacial score (nSPS) is 12.9. The molecule has 0 heterocycles. The van der Waals surface area contributed by atoms with Crippen LogP contribution in [-0.4, -0.2) is 5.75 Å². The van der Waals surface area contributed by atoms with Crippen molar-refractivity contribution >= 4 is 28.6 Å². The summed E-state index contributed by atoms with van der Waals surface area (Å²) in [6.07, 6.45) is 1.13. The van der Waals surface area contributed by atoms with Crippen LogP contribution in [0.5, 0.6) is 0 Å². The maximum absolute atomic E-state index is 4.25. The number of rotatable bonds is 3. The highest BCUT2D eigenvalue weighted by atomic mass is 79.9. The summed E-state index contributed by atoms with van der Waals surface area (Å²) in [6.45, 7) is 4.35. The molecule has 1 unspecified atom stereocenters. The zero-order valence-corrected chi connectivity index (χ0v) is 10.5. The Kier molecular flexibility index (Phi) is 4.33. The SMILES string of the molecule is Cc1ccc(C(C)CCS)c(Br)c1. The lowest BCUT2D eigenvalue weighted by Crippen LogP contribution is -1.95. The van der Waals surface area contributed by atoms with Gasteiger partial charge < -0.3 is 0 Å². The highest BCUT2D eigenvalue weighted by Crippen LogP contribution is 2.28. The minimum Gasteiger partial charge on any atom is -0.179 e. The first-order valence-electron chi connectivity index (χ1n) is 4.52. The second-order valence-electron chi connectivity index (χ2n) is 3.44. The fourth-order valence-electron chi connectivity index (χ4n) is 1.38. The van der Waals surface area contributed by atoms with E-state index in [0.29, 0.717) is 5.92 Å². The van der Waals surface area contributed by atoms with Gasteiger partial charge in [-0.1, -0.05) is 35.0 Å². The number of thiol groups is 1. The molecule has 0 aliphatic heterocycles. The third kappa shape index (κ3) is 3.03. The molecule has 0 saturated carbocycles. The molecule has 0 aliphatic rings. The molecule has 0 spiro atoms. The van der Waals surface area contributed by atoms with Crippen LogP contribution in [0.3, 0.4) is 0 Å². The summed E-state index contributed by atoms with van der Waals surface area (Å²) in [7, 11) is 0. The van der Waals surface area contributed by atoms with E-state index in [1.54, 1.807) is 0 Å². The van der Waals surface area contributed by atoms with Crippen LogP contribution >= 0.6 is 28.6 Å². The van der Waals surface area contributed by atoms with E-state index in [2.05, 4.69) is 60.6 Å². The molecule has 0 aliphatic carbocycles. The third-order valence-corrected chi connectivity index (χ3v) is 3.19. The molecule has 13 heavy (non-hydrogen) atoms. The van der Waals surface area contributed by atoms with E-state index in [4.69, 9.17) is 0 Å². The standard InChI is InChI=1S/C11H15BrS/c1-8-3-4-10(11(12)7-8)9(2)5-6-13/h3-4,7,9,13H,5-6H2,1-2H3. The van der Waals surface area contributed by atoms with Gasteiger partial charge in [-0.15, -0.1) is 0 Å². The molecule has 0 radical (unpaired) electrons. The molecule has 0 aromatic heterocycles. The molecule has 0 fully saturated rings. The van der Waals surface area contributed by atoms with Crippen LogP contribution in [0.4, 0.5) is 0 Å². The van der Waals surface area contributed by atoms with E-state index in [-0.39, 0.29) is 0 Å². The lowest BCUT2D eigenvalue weighted by Gasteiger charge is -2.12. The average molecular weight is 259 g/mol. The van der Waals surface area contributed by atoms with Crippen molar-refractivity contribution in [3.8, 4) is 0 Å². The summed E-state index contributed by atoms with van der Waals surface area (Å²) >= 11 is 7.84. The van der Waals surface area contributed by atoms with Gasteiger partial charge in [-0.05, 0) is 42.2 Å². The molecule has 72 valence electrons. The fraction of sp³-hybridized carbons (Fsp3) is 0.455. The third-order valence-electron chi connectivity index (χ3n) is 2.25. The van der Waals surface area contributed by atoms with E-state index >= 15 is 0 Å².